The zero-order valence-corrected chi connectivity index (χ0v) is 28.5. The van der Waals surface area contributed by atoms with E-state index in [4.69, 9.17) is 13.6 Å². The topological polar surface area (TPSA) is 44.8 Å². The van der Waals surface area contributed by atoms with Gasteiger partial charge in [0.15, 0.2) is 8.32 Å². The first-order valence-corrected chi connectivity index (χ1v) is 19.7. The first kappa shape index (κ1) is 32.7. The molecule has 3 rings (SSSR count). The minimum absolute atomic E-state index is 0.00937. The van der Waals surface area contributed by atoms with Crippen molar-refractivity contribution >= 4 is 33.3 Å². The van der Waals surface area contributed by atoms with Gasteiger partial charge in [-0.1, -0.05) is 109 Å². The minimum atomic E-state index is -2.61. The molecule has 1 aliphatic heterocycles. The fraction of sp³-hybridized carbons (Fsp3) is 0.559. The summed E-state index contributed by atoms with van der Waals surface area (Å²) in [5.41, 5.74) is 0.701. The van der Waals surface area contributed by atoms with Crippen LogP contribution in [0.3, 0.4) is 0 Å². The predicted molar refractivity (Wildman–Crippen MR) is 173 cm³/mol. The second-order valence-corrected chi connectivity index (χ2v) is 23.1. The molecule has 40 heavy (non-hydrogen) atoms. The summed E-state index contributed by atoms with van der Waals surface area (Å²) < 4.78 is 20.8. The van der Waals surface area contributed by atoms with Gasteiger partial charge >= 0.3 is 0 Å². The van der Waals surface area contributed by atoms with Gasteiger partial charge in [0.1, 0.15) is 6.29 Å². The minimum Gasteiger partial charge on any atom is -0.413 e. The van der Waals surface area contributed by atoms with E-state index in [1.54, 1.807) is 0 Å². The quantitative estimate of drug-likeness (QED) is 0.168. The Bertz CT molecular complexity index is 1080. The Balaban J connectivity index is 1.90. The fourth-order valence-electron chi connectivity index (χ4n) is 5.58. The number of benzene rings is 2. The van der Waals surface area contributed by atoms with Gasteiger partial charge in [0.2, 0.25) is 0 Å². The van der Waals surface area contributed by atoms with E-state index in [0.29, 0.717) is 12.2 Å². The van der Waals surface area contributed by atoms with E-state index < -0.39 is 16.6 Å². The van der Waals surface area contributed by atoms with Gasteiger partial charge in [-0.25, -0.2) is 0 Å². The summed E-state index contributed by atoms with van der Waals surface area (Å²) in [6, 6.07) is 21.6. The molecule has 2 aromatic carbocycles. The zero-order valence-electron chi connectivity index (χ0n) is 26.5. The standard InChI is InChI=1S/C34H52O4Si2/c1-26(25-35)23-31-27(2)32(38-39(9,10)33(3,4)5)24-28(37-31)21-22-36-40(34(6,7)8,29-17-13-11-14-18-29)30-19-15-12-16-20-30/h11-20,23,25,27-28,31-32H,21-22,24H2,1-10H3/b26-23-/t27-,28-,31+,32-/m0/s1. The maximum atomic E-state index is 11.5. The van der Waals surface area contributed by atoms with Crippen LogP contribution in [0.5, 0.6) is 0 Å². The van der Waals surface area contributed by atoms with Crippen molar-refractivity contribution in [1.29, 1.82) is 0 Å². The zero-order chi connectivity index (χ0) is 29.8. The molecular weight excluding hydrogens is 529 g/mol. The molecular formula is C34H52O4Si2. The molecule has 0 aliphatic carbocycles. The molecule has 0 saturated carbocycles. The number of hydrogen-bond acceptors (Lipinski definition) is 4. The van der Waals surface area contributed by atoms with Gasteiger partial charge in [0.05, 0.1) is 18.3 Å². The van der Waals surface area contributed by atoms with Crippen LogP contribution in [0.25, 0.3) is 0 Å². The molecule has 1 heterocycles. The maximum absolute atomic E-state index is 11.5. The lowest BCUT2D eigenvalue weighted by molar-refractivity contribution is -0.113. The van der Waals surface area contributed by atoms with Crippen molar-refractivity contribution in [3.63, 3.8) is 0 Å². The summed E-state index contributed by atoms with van der Waals surface area (Å²) in [6.45, 7) is 23.1. The van der Waals surface area contributed by atoms with E-state index in [0.717, 1.165) is 19.1 Å². The lowest BCUT2D eigenvalue weighted by atomic mass is 9.88. The molecule has 0 N–H and O–H groups in total. The van der Waals surface area contributed by atoms with E-state index >= 15 is 0 Å². The van der Waals surface area contributed by atoms with Gasteiger partial charge in [0.25, 0.3) is 8.32 Å². The molecule has 0 spiro atoms. The average Bonchev–Trinajstić information content (AvgIpc) is 2.88. The molecule has 0 bridgehead atoms. The molecule has 0 amide bonds. The molecule has 6 heteroatoms. The van der Waals surface area contributed by atoms with Crippen molar-refractivity contribution in [3.05, 3.63) is 72.3 Å². The average molecular weight is 581 g/mol. The van der Waals surface area contributed by atoms with Crippen LogP contribution in [-0.4, -0.2) is 47.8 Å². The smallest absolute Gasteiger partial charge is 0.261 e. The van der Waals surface area contributed by atoms with Crippen LogP contribution < -0.4 is 10.4 Å². The number of hydrogen-bond donors (Lipinski definition) is 0. The molecule has 0 unspecified atom stereocenters. The van der Waals surface area contributed by atoms with E-state index in [1.165, 1.54) is 10.4 Å². The Labute approximate surface area is 245 Å². The third-order valence-corrected chi connectivity index (χ3v) is 18.5. The van der Waals surface area contributed by atoms with Crippen molar-refractivity contribution < 1.29 is 18.4 Å². The highest BCUT2D eigenvalue weighted by atomic mass is 28.4. The van der Waals surface area contributed by atoms with Crippen LogP contribution in [0.1, 0.15) is 68.2 Å². The molecule has 0 radical (unpaired) electrons. The van der Waals surface area contributed by atoms with Crippen LogP contribution in [-0.2, 0) is 18.4 Å². The third-order valence-electron chi connectivity index (χ3n) is 8.99. The predicted octanol–water partition coefficient (Wildman–Crippen LogP) is 7.28. The summed E-state index contributed by atoms with van der Waals surface area (Å²) >= 11 is 0. The maximum Gasteiger partial charge on any atom is 0.261 e. The summed E-state index contributed by atoms with van der Waals surface area (Å²) in [5.74, 6) is 0.165. The molecule has 4 nitrogen and oxygen atoms in total. The number of aldehydes is 1. The molecule has 220 valence electrons. The Hall–Kier alpha value is -1.84. The van der Waals surface area contributed by atoms with Crippen molar-refractivity contribution in [2.75, 3.05) is 6.61 Å². The lowest BCUT2D eigenvalue weighted by Crippen LogP contribution is -2.66. The molecule has 1 aliphatic rings. The van der Waals surface area contributed by atoms with Crippen molar-refractivity contribution in [3.8, 4) is 0 Å². The van der Waals surface area contributed by atoms with Gasteiger partial charge < -0.3 is 13.6 Å². The number of carbonyl (C=O) groups excluding carboxylic acids is 1. The van der Waals surface area contributed by atoms with Crippen molar-refractivity contribution in [2.45, 2.75) is 110 Å². The molecule has 1 saturated heterocycles. The lowest BCUT2D eigenvalue weighted by Gasteiger charge is -2.46. The fourth-order valence-corrected chi connectivity index (χ4v) is 11.6. The number of allylic oxidation sites excluding steroid dienone is 1. The Morgan fingerprint density at radius 2 is 1.45 bits per heavy atom. The van der Waals surface area contributed by atoms with Gasteiger partial charge in [-0.2, -0.15) is 0 Å². The Morgan fingerprint density at radius 3 is 1.90 bits per heavy atom. The normalized spacial score (nSPS) is 23.2. The molecule has 0 aromatic heterocycles. The van der Waals surface area contributed by atoms with E-state index in [-0.39, 0.29) is 34.3 Å². The second-order valence-electron chi connectivity index (χ2n) is 14.1. The number of ether oxygens (including phenoxy) is 1. The first-order chi connectivity index (χ1) is 18.6. The summed E-state index contributed by atoms with van der Waals surface area (Å²) in [7, 11) is -4.60. The van der Waals surface area contributed by atoms with Crippen LogP contribution in [0.15, 0.2) is 72.3 Å². The number of carbonyl (C=O) groups is 1. The van der Waals surface area contributed by atoms with Gasteiger partial charge in [-0.15, -0.1) is 0 Å². The van der Waals surface area contributed by atoms with Crippen LogP contribution in [0.2, 0.25) is 23.2 Å². The van der Waals surface area contributed by atoms with Crippen molar-refractivity contribution in [1.82, 2.24) is 0 Å². The molecule has 2 aromatic rings. The second kappa shape index (κ2) is 13.0. The van der Waals surface area contributed by atoms with Crippen LogP contribution in [0, 0.1) is 5.92 Å². The Kier molecular flexibility index (Phi) is 10.6. The monoisotopic (exact) mass is 580 g/mol. The van der Waals surface area contributed by atoms with Gasteiger partial charge in [-0.05, 0) is 65.0 Å². The highest BCUT2D eigenvalue weighted by molar-refractivity contribution is 6.99. The highest BCUT2D eigenvalue weighted by Gasteiger charge is 2.50. The summed E-state index contributed by atoms with van der Waals surface area (Å²) in [5, 5.41) is 2.62. The largest absolute Gasteiger partial charge is 0.413 e. The van der Waals surface area contributed by atoms with Crippen molar-refractivity contribution in [2.24, 2.45) is 5.92 Å². The number of rotatable bonds is 10. The molecule has 1 fully saturated rings. The first-order valence-electron chi connectivity index (χ1n) is 14.8. The van der Waals surface area contributed by atoms with E-state index in [2.05, 4.69) is 122 Å². The summed E-state index contributed by atoms with van der Waals surface area (Å²) in [6.07, 6.45) is 4.41. The van der Waals surface area contributed by atoms with E-state index in [9.17, 15) is 4.79 Å². The Morgan fingerprint density at radius 1 is 0.925 bits per heavy atom. The van der Waals surface area contributed by atoms with Gasteiger partial charge in [0, 0.05) is 12.5 Å². The summed E-state index contributed by atoms with van der Waals surface area (Å²) in [4.78, 5) is 11.5. The SMILES string of the molecule is C/C(C=O)=C/[C@H]1O[C@@H](CCO[Si](c2ccccc2)(c2ccccc2)C(C)(C)C)C[C@H](O[Si](C)(C)C(C)(C)C)[C@H]1C. The van der Waals surface area contributed by atoms with Crippen LogP contribution in [0.4, 0.5) is 0 Å². The van der Waals surface area contributed by atoms with Crippen LogP contribution >= 0.6 is 0 Å². The highest BCUT2D eigenvalue weighted by Crippen LogP contribution is 2.41. The molecule has 4 atom stereocenters. The van der Waals surface area contributed by atoms with E-state index in [1.807, 2.05) is 13.0 Å². The third kappa shape index (κ3) is 7.32. The van der Waals surface area contributed by atoms with Gasteiger partial charge in [-0.3, -0.25) is 4.79 Å².